The van der Waals surface area contributed by atoms with E-state index in [2.05, 4.69) is 26.2 Å². The molecule has 1 atom stereocenters. The van der Waals surface area contributed by atoms with Crippen molar-refractivity contribution in [3.63, 3.8) is 0 Å². The van der Waals surface area contributed by atoms with Crippen molar-refractivity contribution < 1.29 is 9.53 Å². The van der Waals surface area contributed by atoms with Gasteiger partial charge in [0.15, 0.2) is 6.04 Å². The van der Waals surface area contributed by atoms with Crippen LogP contribution in [-0.2, 0) is 9.53 Å². The molecule has 0 amide bonds. The first kappa shape index (κ1) is 14.5. The molecule has 0 fully saturated rings. The van der Waals surface area contributed by atoms with Crippen LogP contribution < -0.4 is 5.32 Å². The fourth-order valence-electron chi connectivity index (χ4n) is 1.83. The maximum Gasteiger partial charge on any atom is 0.334 e. The topological polar surface area (TPSA) is 51.2 Å². The lowest BCUT2D eigenvalue weighted by molar-refractivity contribution is -0.141. The van der Waals surface area contributed by atoms with Crippen molar-refractivity contribution in [3.8, 4) is 0 Å². The van der Waals surface area contributed by atoms with E-state index in [1.54, 1.807) is 12.3 Å². The molecule has 0 spiro atoms. The molecule has 1 N–H and O–H groups in total. The summed E-state index contributed by atoms with van der Waals surface area (Å²) in [6.07, 6.45) is 1.66. The number of halogens is 1. The number of aryl methyl sites for hydroxylation is 1. The lowest BCUT2D eigenvalue weighted by atomic mass is 10.1. The lowest BCUT2D eigenvalue weighted by Crippen LogP contribution is -2.23. The van der Waals surface area contributed by atoms with E-state index in [0.29, 0.717) is 5.69 Å². The van der Waals surface area contributed by atoms with Crippen LogP contribution in [0, 0.1) is 6.92 Å². The predicted molar refractivity (Wildman–Crippen MR) is 81.5 cm³/mol. The monoisotopic (exact) mass is 334 g/mol. The molecule has 0 saturated carbocycles. The lowest BCUT2D eigenvalue weighted by Gasteiger charge is -2.17. The molecule has 104 valence electrons. The van der Waals surface area contributed by atoms with Gasteiger partial charge in [-0.3, -0.25) is 4.98 Å². The molecule has 5 heteroatoms. The van der Waals surface area contributed by atoms with Crippen LogP contribution >= 0.6 is 15.9 Å². The Balaban J connectivity index is 2.28. The van der Waals surface area contributed by atoms with Crippen molar-refractivity contribution in [1.82, 2.24) is 4.98 Å². The number of methoxy groups -OCH3 is 1. The maximum atomic E-state index is 12.0. The van der Waals surface area contributed by atoms with Gasteiger partial charge >= 0.3 is 5.97 Å². The minimum Gasteiger partial charge on any atom is -0.467 e. The van der Waals surface area contributed by atoms with Gasteiger partial charge in [-0.15, -0.1) is 0 Å². The normalized spacial score (nSPS) is 11.8. The molecule has 0 aliphatic heterocycles. The molecule has 2 aromatic rings. The Morgan fingerprint density at radius 2 is 2.15 bits per heavy atom. The summed E-state index contributed by atoms with van der Waals surface area (Å²) >= 11 is 3.33. The van der Waals surface area contributed by atoms with E-state index in [0.717, 1.165) is 15.7 Å². The first-order valence-electron chi connectivity index (χ1n) is 6.12. The average Bonchev–Trinajstić information content (AvgIpc) is 2.45. The largest absolute Gasteiger partial charge is 0.467 e. The zero-order valence-corrected chi connectivity index (χ0v) is 12.8. The number of benzene rings is 1. The van der Waals surface area contributed by atoms with E-state index in [4.69, 9.17) is 4.74 Å². The molecule has 0 aliphatic carbocycles. The smallest absolute Gasteiger partial charge is 0.334 e. The molecule has 0 radical (unpaired) electrons. The van der Waals surface area contributed by atoms with Gasteiger partial charge < -0.3 is 10.1 Å². The van der Waals surface area contributed by atoms with Crippen molar-refractivity contribution in [2.24, 2.45) is 0 Å². The van der Waals surface area contributed by atoms with E-state index in [-0.39, 0.29) is 5.97 Å². The number of carbonyl (C=O) groups excluding carboxylic acids is 1. The Labute approximate surface area is 126 Å². The number of pyridine rings is 1. The molecule has 4 nitrogen and oxygen atoms in total. The van der Waals surface area contributed by atoms with E-state index >= 15 is 0 Å². The van der Waals surface area contributed by atoms with E-state index < -0.39 is 6.04 Å². The Kier molecular flexibility index (Phi) is 4.74. The van der Waals surface area contributed by atoms with E-state index in [1.165, 1.54) is 7.11 Å². The van der Waals surface area contributed by atoms with Crippen molar-refractivity contribution >= 4 is 27.6 Å². The molecular formula is C15H15BrN2O2. The predicted octanol–water partition coefficient (Wildman–Crippen LogP) is 3.48. The van der Waals surface area contributed by atoms with Gasteiger partial charge in [-0.1, -0.05) is 12.1 Å². The zero-order chi connectivity index (χ0) is 14.5. The van der Waals surface area contributed by atoms with Gasteiger partial charge in [0.2, 0.25) is 0 Å². The van der Waals surface area contributed by atoms with E-state index in [9.17, 15) is 4.79 Å². The number of rotatable bonds is 4. The third-order valence-corrected chi connectivity index (χ3v) is 3.28. The van der Waals surface area contributed by atoms with Gasteiger partial charge in [-0.25, -0.2) is 4.79 Å². The summed E-state index contributed by atoms with van der Waals surface area (Å²) in [4.78, 5) is 16.2. The molecule has 20 heavy (non-hydrogen) atoms. The Morgan fingerprint density at radius 3 is 2.75 bits per heavy atom. The maximum absolute atomic E-state index is 12.0. The minimum atomic E-state index is -0.630. The van der Waals surface area contributed by atoms with Gasteiger partial charge in [-0.2, -0.15) is 0 Å². The average molecular weight is 335 g/mol. The Hall–Kier alpha value is -1.88. The Morgan fingerprint density at radius 1 is 1.35 bits per heavy atom. The quantitative estimate of drug-likeness (QED) is 0.869. The van der Waals surface area contributed by atoms with Crippen LogP contribution in [0.4, 0.5) is 5.69 Å². The highest BCUT2D eigenvalue weighted by atomic mass is 79.9. The zero-order valence-electron chi connectivity index (χ0n) is 11.3. The number of ether oxygens (including phenoxy) is 1. The second-order valence-corrected chi connectivity index (χ2v) is 5.29. The van der Waals surface area contributed by atoms with Crippen LogP contribution in [0.3, 0.4) is 0 Å². The van der Waals surface area contributed by atoms with Crippen LogP contribution in [0.2, 0.25) is 0 Å². The van der Waals surface area contributed by atoms with Crippen LogP contribution in [0.5, 0.6) is 0 Å². The van der Waals surface area contributed by atoms with Gasteiger partial charge in [0, 0.05) is 16.4 Å². The fourth-order valence-corrected chi connectivity index (χ4v) is 2.07. The summed E-state index contributed by atoms with van der Waals surface area (Å²) in [7, 11) is 1.37. The van der Waals surface area contributed by atoms with Crippen LogP contribution in [-0.4, -0.2) is 18.1 Å². The highest BCUT2D eigenvalue weighted by Crippen LogP contribution is 2.21. The second kappa shape index (κ2) is 6.52. The van der Waals surface area contributed by atoms with Crippen molar-refractivity contribution in [3.05, 3.63) is 58.3 Å². The number of hydrogen-bond acceptors (Lipinski definition) is 4. The minimum absolute atomic E-state index is 0.374. The standard InChI is InChI=1S/C15H15BrN2O2/c1-10-4-3-5-12(8-10)18-14(15(19)20-2)13-7-6-11(16)9-17-13/h3-9,14,18H,1-2H3. The molecule has 1 aromatic heterocycles. The molecule has 2 rings (SSSR count). The van der Waals surface area contributed by atoms with Crippen molar-refractivity contribution in [2.75, 3.05) is 12.4 Å². The van der Waals surface area contributed by atoms with Crippen molar-refractivity contribution in [1.29, 1.82) is 0 Å². The summed E-state index contributed by atoms with van der Waals surface area (Å²) in [5.74, 6) is -0.374. The third-order valence-electron chi connectivity index (χ3n) is 2.81. The summed E-state index contributed by atoms with van der Waals surface area (Å²) in [5, 5.41) is 3.15. The second-order valence-electron chi connectivity index (χ2n) is 4.37. The highest BCUT2D eigenvalue weighted by Gasteiger charge is 2.22. The first-order chi connectivity index (χ1) is 9.60. The number of nitrogens with zero attached hydrogens (tertiary/aromatic N) is 1. The summed E-state index contributed by atoms with van der Waals surface area (Å²) in [6.45, 7) is 2.00. The van der Waals surface area contributed by atoms with Crippen LogP contribution in [0.25, 0.3) is 0 Å². The molecule has 1 heterocycles. The molecular weight excluding hydrogens is 320 g/mol. The summed E-state index contributed by atoms with van der Waals surface area (Å²) < 4.78 is 5.71. The molecule has 1 aromatic carbocycles. The molecule has 0 bridgehead atoms. The number of hydrogen-bond donors (Lipinski definition) is 1. The summed E-state index contributed by atoms with van der Waals surface area (Å²) in [5.41, 5.74) is 2.58. The van der Waals surface area contributed by atoms with E-state index in [1.807, 2.05) is 37.3 Å². The third kappa shape index (κ3) is 3.57. The van der Waals surface area contributed by atoms with Crippen LogP contribution in [0.15, 0.2) is 47.1 Å². The molecule has 0 saturated heterocycles. The van der Waals surface area contributed by atoms with Gasteiger partial charge in [-0.05, 0) is 52.7 Å². The van der Waals surface area contributed by atoms with Crippen molar-refractivity contribution in [2.45, 2.75) is 13.0 Å². The van der Waals surface area contributed by atoms with Gasteiger partial charge in [0.1, 0.15) is 0 Å². The Bertz CT molecular complexity index is 599. The molecule has 1 unspecified atom stereocenters. The van der Waals surface area contributed by atoms with Gasteiger partial charge in [0.25, 0.3) is 0 Å². The first-order valence-corrected chi connectivity index (χ1v) is 6.92. The number of nitrogens with one attached hydrogen (secondary N) is 1. The van der Waals surface area contributed by atoms with Gasteiger partial charge in [0.05, 0.1) is 12.8 Å². The summed E-state index contributed by atoms with van der Waals surface area (Å²) in [6, 6.07) is 10.8. The number of aromatic nitrogens is 1. The number of carbonyl (C=O) groups is 1. The SMILES string of the molecule is COC(=O)C(Nc1cccc(C)c1)c1ccc(Br)cn1. The van der Waals surface area contributed by atoms with Crippen LogP contribution in [0.1, 0.15) is 17.3 Å². The number of anilines is 1. The fraction of sp³-hybridized carbons (Fsp3) is 0.200. The highest BCUT2D eigenvalue weighted by molar-refractivity contribution is 9.10. The number of esters is 1. The molecule has 0 aliphatic rings.